The van der Waals surface area contributed by atoms with Crippen molar-refractivity contribution in [2.24, 2.45) is 10.9 Å². The average molecular weight is 337 g/mol. The van der Waals surface area contributed by atoms with Gasteiger partial charge >= 0.3 is 0 Å². The number of anilines is 3. The summed E-state index contributed by atoms with van der Waals surface area (Å²) >= 11 is 0. The van der Waals surface area contributed by atoms with Gasteiger partial charge in [0.1, 0.15) is 23.7 Å². The number of carbonyl (C=O) groups is 1. The molecule has 0 saturated heterocycles. The van der Waals surface area contributed by atoms with Crippen LogP contribution in [0.5, 0.6) is 5.75 Å². The summed E-state index contributed by atoms with van der Waals surface area (Å²) in [7, 11) is 0. The van der Waals surface area contributed by atoms with Crippen LogP contribution in [0.1, 0.15) is 30.9 Å². The molecule has 7 nitrogen and oxygen atoms in total. The molecule has 2 N–H and O–H groups in total. The van der Waals surface area contributed by atoms with E-state index in [2.05, 4.69) is 25.6 Å². The van der Waals surface area contributed by atoms with Crippen molar-refractivity contribution in [3.8, 4) is 5.75 Å². The second kappa shape index (κ2) is 6.51. The first kappa shape index (κ1) is 15.6. The minimum atomic E-state index is 0.0217. The highest BCUT2D eigenvalue weighted by atomic mass is 16.5. The van der Waals surface area contributed by atoms with Gasteiger partial charge in [0.25, 0.3) is 0 Å². The standard InChI is InChI=1S/C18H19N5O2/c1-2-25-15-6-13-9-19-8-12(13)5-14(15)22-16-7-17(21-10-20-16)23-18(24)11-3-4-11/h5-8,10-11H,2-4,9H2,1H3,(H2,20,21,22,23,24). The number of aromatic nitrogens is 2. The van der Waals surface area contributed by atoms with Crippen LogP contribution in [0, 0.1) is 5.92 Å². The third-order valence-corrected chi connectivity index (χ3v) is 4.16. The SMILES string of the molecule is CCOc1cc2c(cc1Nc1cc(NC(=O)C3CC3)ncn1)C=NC2. The van der Waals surface area contributed by atoms with Crippen LogP contribution in [-0.2, 0) is 11.3 Å². The summed E-state index contributed by atoms with van der Waals surface area (Å²) in [6.45, 7) is 3.20. The van der Waals surface area contributed by atoms with E-state index in [1.54, 1.807) is 6.07 Å². The number of nitrogens with one attached hydrogen (secondary N) is 2. The van der Waals surface area contributed by atoms with Gasteiger partial charge in [0.2, 0.25) is 5.91 Å². The first-order valence-electron chi connectivity index (χ1n) is 8.42. The number of fused-ring (bicyclic) bond motifs is 1. The van der Waals surface area contributed by atoms with Crippen LogP contribution in [0.4, 0.5) is 17.3 Å². The molecular formula is C18H19N5O2. The maximum absolute atomic E-state index is 11.9. The molecule has 0 spiro atoms. The minimum Gasteiger partial charge on any atom is -0.492 e. The highest BCUT2D eigenvalue weighted by Gasteiger charge is 2.29. The van der Waals surface area contributed by atoms with Gasteiger partial charge in [-0.15, -0.1) is 0 Å². The van der Waals surface area contributed by atoms with Crippen LogP contribution >= 0.6 is 0 Å². The van der Waals surface area contributed by atoms with Gasteiger partial charge in [-0.1, -0.05) is 0 Å². The normalized spacial score (nSPS) is 14.9. The summed E-state index contributed by atoms with van der Waals surface area (Å²) in [6.07, 6.45) is 5.20. The number of hydrogen-bond donors (Lipinski definition) is 2. The largest absolute Gasteiger partial charge is 0.492 e. The van der Waals surface area contributed by atoms with Crippen molar-refractivity contribution in [3.63, 3.8) is 0 Å². The molecule has 1 aliphatic carbocycles. The van der Waals surface area contributed by atoms with Crippen LogP contribution < -0.4 is 15.4 Å². The van der Waals surface area contributed by atoms with Gasteiger partial charge in [0.15, 0.2) is 0 Å². The van der Waals surface area contributed by atoms with E-state index in [4.69, 9.17) is 4.74 Å². The summed E-state index contributed by atoms with van der Waals surface area (Å²) in [4.78, 5) is 24.5. The van der Waals surface area contributed by atoms with E-state index in [1.807, 2.05) is 25.3 Å². The van der Waals surface area contributed by atoms with E-state index in [0.717, 1.165) is 35.4 Å². The van der Waals surface area contributed by atoms with E-state index >= 15 is 0 Å². The molecule has 1 amide bonds. The summed E-state index contributed by atoms with van der Waals surface area (Å²) in [5.74, 6) is 2.00. The van der Waals surface area contributed by atoms with E-state index in [-0.39, 0.29) is 11.8 Å². The summed E-state index contributed by atoms with van der Waals surface area (Å²) in [5.41, 5.74) is 3.03. The highest BCUT2D eigenvalue weighted by molar-refractivity contribution is 5.93. The zero-order valence-corrected chi connectivity index (χ0v) is 14.0. The molecule has 1 aromatic carbocycles. The Morgan fingerprint density at radius 3 is 2.88 bits per heavy atom. The number of hydrogen-bond acceptors (Lipinski definition) is 6. The number of carbonyl (C=O) groups excluding carboxylic acids is 1. The fraction of sp³-hybridized carbons (Fsp3) is 0.333. The topological polar surface area (TPSA) is 88.5 Å². The molecular weight excluding hydrogens is 318 g/mol. The second-order valence-electron chi connectivity index (χ2n) is 6.13. The lowest BCUT2D eigenvalue weighted by Crippen LogP contribution is -2.14. The van der Waals surface area contributed by atoms with Crippen molar-refractivity contribution in [3.05, 3.63) is 35.7 Å². The van der Waals surface area contributed by atoms with Gasteiger partial charge in [0, 0.05) is 18.2 Å². The quantitative estimate of drug-likeness (QED) is 0.846. The Morgan fingerprint density at radius 1 is 1.24 bits per heavy atom. The Kier molecular flexibility index (Phi) is 4.05. The molecule has 7 heteroatoms. The molecule has 4 rings (SSSR count). The number of rotatable bonds is 6. The zero-order chi connectivity index (χ0) is 17.2. The Balaban J connectivity index is 1.57. The Labute approximate surface area is 145 Å². The third-order valence-electron chi connectivity index (χ3n) is 4.16. The summed E-state index contributed by atoms with van der Waals surface area (Å²) in [5, 5.41) is 6.09. The molecule has 2 heterocycles. The molecule has 0 radical (unpaired) electrons. The van der Waals surface area contributed by atoms with Gasteiger partial charge in [-0.05, 0) is 43.0 Å². The molecule has 0 unspecified atom stereocenters. The number of amides is 1. The van der Waals surface area contributed by atoms with Crippen LogP contribution in [-0.4, -0.2) is 28.7 Å². The number of aliphatic imine (C=N–C) groups is 1. The van der Waals surface area contributed by atoms with Crippen molar-refractivity contribution in [2.45, 2.75) is 26.3 Å². The van der Waals surface area contributed by atoms with Gasteiger partial charge < -0.3 is 15.4 Å². The lowest BCUT2D eigenvalue weighted by Gasteiger charge is -2.14. The molecule has 2 aromatic rings. The molecule has 128 valence electrons. The van der Waals surface area contributed by atoms with Crippen molar-refractivity contribution in [2.75, 3.05) is 17.2 Å². The van der Waals surface area contributed by atoms with Crippen LogP contribution in [0.25, 0.3) is 0 Å². The maximum atomic E-state index is 11.9. The van der Waals surface area contributed by atoms with E-state index in [1.165, 1.54) is 6.33 Å². The minimum absolute atomic E-state index is 0.0217. The molecule has 2 aliphatic rings. The van der Waals surface area contributed by atoms with E-state index in [9.17, 15) is 4.79 Å². The Hall–Kier alpha value is -2.96. The van der Waals surface area contributed by atoms with Gasteiger partial charge in [-0.25, -0.2) is 9.97 Å². The zero-order valence-electron chi connectivity index (χ0n) is 14.0. The van der Waals surface area contributed by atoms with Crippen molar-refractivity contribution < 1.29 is 9.53 Å². The monoisotopic (exact) mass is 337 g/mol. The van der Waals surface area contributed by atoms with Crippen LogP contribution in [0.3, 0.4) is 0 Å². The van der Waals surface area contributed by atoms with Crippen molar-refractivity contribution in [1.82, 2.24) is 9.97 Å². The fourth-order valence-electron chi connectivity index (χ4n) is 2.72. The lowest BCUT2D eigenvalue weighted by atomic mass is 10.1. The van der Waals surface area contributed by atoms with Crippen molar-refractivity contribution in [1.29, 1.82) is 0 Å². The molecule has 0 atom stereocenters. The summed E-state index contributed by atoms with van der Waals surface area (Å²) in [6, 6.07) is 5.73. The van der Waals surface area contributed by atoms with Crippen LogP contribution in [0.15, 0.2) is 29.5 Å². The first-order chi connectivity index (χ1) is 12.2. The third kappa shape index (κ3) is 3.45. The van der Waals surface area contributed by atoms with E-state index in [0.29, 0.717) is 24.8 Å². The summed E-state index contributed by atoms with van der Waals surface area (Å²) < 4.78 is 5.74. The maximum Gasteiger partial charge on any atom is 0.228 e. The second-order valence-corrected chi connectivity index (χ2v) is 6.13. The average Bonchev–Trinajstić information content (AvgIpc) is 3.36. The van der Waals surface area contributed by atoms with Gasteiger partial charge in [-0.3, -0.25) is 9.79 Å². The number of ether oxygens (including phenoxy) is 1. The molecule has 1 aromatic heterocycles. The van der Waals surface area contributed by atoms with Crippen molar-refractivity contribution >= 4 is 29.4 Å². The molecule has 0 bridgehead atoms. The molecule has 1 saturated carbocycles. The fourth-order valence-corrected chi connectivity index (χ4v) is 2.72. The Morgan fingerprint density at radius 2 is 2.08 bits per heavy atom. The smallest absolute Gasteiger partial charge is 0.228 e. The Bertz CT molecular complexity index is 845. The van der Waals surface area contributed by atoms with Crippen LogP contribution in [0.2, 0.25) is 0 Å². The van der Waals surface area contributed by atoms with Gasteiger partial charge in [-0.2, -0.15) is 0 Å². The molecule has 1 aliphatic heterocycles. The lowest BCUT2D eigenvalue weighted by molar-refractivity contribution is -0.117. The molecule has 1 fully saturated rings. The number of benzene rings is 1. The van der Waals surface area contributed by atoms with E-state index < -0.39 is 0 Å². The molecule has 25 heavy (non-hydrogen) atoms. The van der Waals surface area contributed by atoms with Gasteiger partial charge in [0.05, 0.1) is 18.8 Å². The first-order valence-corrected chi connectivity index (χ1v) is 8.42. The highest BCUT2D eigenvalue weighted by Crippen LogP contribution is 2.33. The predicted molar refractivity (Wildman–Crippen MR) is 95.6 cm³/mol. The predicted octanol–water partition coefficient (Wildman–Crippen LogP) is 2.90. The number of nitrogens with zero attached hydrogens (tertiary/aromatic N) is 3.